The molecule has 0 amide bonds. The lowest BCUT2D eigenvalue weighted by molar-refractivity contribution is 0.820. The van der Waals surface area contributed by atoms with Crippen molar-refractivity contribution in [3.05, 3.63) is 34.3 Å². The van der Waals surface area contributed by atoms with E-state index in [4.69, 9.17) is 5.84 Å². The summed E-state index contributed by atoms with van der Waals surface area (Å²) in [5.41, 5.74) is 3.59. The number of nitrogens with two attached hydrogens (primary N) is 1. The second-order valence-corrected chi connectivity index (χ2v) is 4.14. The van der Waals surface area contributed by atoms with Crippen LogP contribution in [0.4, 0.5) is 0 Å². The summed E-state index contributed by atoms with van der Waals surface area (Å²) < 4.78 is 1.02. The number of aliphatic imine (C=N–C) groups is 1. The van der Waals surface area contributed by atoms with Crippen molar-refractivity contribution in [2.45, 2.75) is 19.9 Å². The Morgan fingerprint density at radius 1 is 1.50 bits per heavy atom. The number of amidine groups is 1. The fourth-order valence-electron chi connectivity index (χ4n) is 1.09. The molecule has 0 aliphatic rings. The molecular weight excluding hydrogens is 242 g/mol. The Hall–Kier alpha value is -0.870. The number of benzene rings is 1. The molecule has 0 bridgehead atoms. The molecule has 0 aliphatic carbocycles. The molecule has 0 saturated heterocycles. The highest BCUT2D eigenvalue weighted by Gasteiger charge is 2.02. The Balaban J connectivity index is 3.01. The van der Waals surface area contributed by atoms with E-state index in [9.17, 15) is 0 Å². The third-order valence-electron chi connectivity index (χ3n) is 1.62. The molecule has 0 unspecified atom stereocenters. The van der Waals surface area contributed by atoms with Gasteiger partial charge in [0.15, 0.2) is 0 Å². The zero-order valence-electron chi connectivity index (χ0n) is 8.29. The predicted molar refractivity (Wildman–Crippen MR) is 63.1 cm³/mol. The van der Waals surface area contributed by atoms with Gasteiger partial charge in [0.25, 0.3) is 0 Å². The van der Waals surface area contributed by atoms with E-state index in [1.165, 1.54) is 0 Å². The Labute approximate surface area is 92.5 Å². The van der Waals surface area contributed by atoms with Gasteiger partial charge in [0.2, 0.25) is 0 Å². The maximum Gasteiger partial charge on any atom is 0.142 e. The van der Waals surface area contributed by atoms with Crippen molar-refractivity contribution in [1.29, 1.82) is 0 Å². The molecule has 0 atom stereocenters. The summed E-state index contributed by atoms with van der Waals surface area (Å²) in [6, 6.07) is 8.08. The number of hydrogen-bond donors (Lipinski definition) is 2. The van der Waals surface area contributed by atoms with Gasteiger partial charge in [0.05, 0.1) is 0 Å². The lowest BCUT2D eigenvalue weighted by atomic mass is 10.2. The topological polar surface area (TPSA) is 50.4 Å². The number of halogens is 1. The van der Waals surface area contributed by atoms with Gasteiger partial charge in [0.1, 0.15) is 5.84 Å². The summed E-state index contributed by atoms with van der Waals surface area (Å²) in [6.07, 6.45) is 0. The first-order valence-corrected chi connectivity index (χ1v) is 5.23. The van der Waals surface area contributed by atoms with Gasteiger partial charge in [-0.3, -0.25) is 4.99 Å². The molecule has 1 aromatic carbocycles. The highest BCUT2D eigenvalue weighted by Crippen LogP contribution is 2.12. The smallest absolute Gasteiger partial charge is 0.142 e. The molecular formula is C10H14BrN3. The molecule has 0 spiro atoms. The van der Waals surface area contributed by atoms with E-state index >= 15 is 0 Å². The number of rotatable bonds is 2. The van der Waals surface area contributed by atoms with E-state index in [2.05, 4.69) is 26.3 Å². The molecule has 0 aliphatic heterocycles. The maximum absolute atomic E-state index is 5.41. The Bertz CT molecular complexity index is 334. The lowest BCUT2D eigenvalue weighted by Gasteiger charge is -2.07. The van der Waals surface area contributed by atoms with E-state index in [1.54, 1.807) is 0 Å². The van der Waals surface area contributed by atoms with Gasteiger partial charge in [-0.2, -0.15) is 0 Å². The van der Waals surface area contributed by atoms with Gasteiger partial charge in [-0.15, -0.1) is 0 Å². The van der Waals surface area contributed by atoms with Crippen LogP contribution in [0.1, 0.15) is 19.4 Å². The minimum Gasteiger partial charge on any atom is -0.308 e. The molecule has 0 radical (unpaired) electrons. The molecule has 1 rings (SSSR count). The summed E-state index contributed by atoms with van der Waals surface area (Å²) in [5.74, 6) is 6.12. The summed E-state index contributed by atoms with van der Waals surface area (Å²) in [6.45, 7) is 4.02. The van der Waals surface area contributed by atoms with Gasteiger partial charge in [-0.25, -0.2) is 5.84 Å². The predicted octanol–water partition coefficient (Wildman–Crippen LogP) is 2.07. The van der Waals surface area contributed by atoms with E-state index < -0.39 is 0 Å². The quantitative estimate of drug-likeness (QED) is 0.368. The van der Waals surface area contributed by atoms with Crippen LogP contribution in [0.25, 0.3) is 0 Å². The number of hydrazine groups is 1. The molecule has 0 saturated carbocycles. The average Bonchev–Trinajstić information content (AvgIpc) is 2.14. The fourth-order valence-corrected chi connectivity index (χ4v) is 1.49. The van der Waals surface area contributed by atoms with E-state index in [0.29, 0.717) is 5.84 Å². The van der Waals surface area contributed by atoms with E-state index in [1.807, 2.05) is 38.1 Å². The zero-order valence-corrected chi connectivity index (χ0v) is 9.88. The van der Waals surface area contributed by atoms with Gasteiger partial charge in [-0.1, -0.05) is 28.1 Å². The van der Waals surface area contributed by atoms with Crippen molar-refractivity contribution >= 4 is 21.8 Å². The molecule has 1 aromatic rings. The Morgan fingerprint density at radius 2 is 2.21 bits per heavy atom. The minimum atomic E-state index is 0.222. The molecule has 0 heterocycles. The third-order valence-corrected chi connectivity index (χ3v) is 2.12. The van der Waals surface area contributed by atoms with Crippen LogP contribution in [0.15, 0.2) is 33.7 Å². The van der Waals surface area contributed by atoms with E-state index in [-0.39, 0.29) is 6.04 Å². The first kappa shape index (κ1) is 11.2. The van der Waals surface area contributed by atoms with E-state index in [0.717, 1.165) is 10.0 Å². The zero-order chi connectivity index (χ0) is 10.6. The molecule has 4 heteroatoms. The third kappa shape index (κ3) is 3.12. The van der Waals surface area contributed by atoms with Crippen LogP contribution >= 0.6 is 15.9 Å². The molecule has 3 nitrogen and oxygen atoms in total. The number of hydrogen-bond acceptors (Lipinski definition) is 2. The van der Waals surface area contributed by atoms with Gasteiger partial charge >= 0.3 is 0 Å². The SMILES string of the molecule is CC(C)N=C(NN)c1cccc(Br)c1. The highest BCUT2D eigenvalue weighted by molar-refractivity contribution is 9.10. The second-order valence-electron chi connectivity index (χ2n) is 3.23. The van der Waals surface area contributed by atoms with Crippen LogP contribution in [0.2, 0.25) is 0 Å². The Morgan fingerprint density at radius 3 is 2.71 bits per heavy atom. The number of nitrogens with one attached hydrogen (secondary N) is 1. The Kier molecular flexibility index (Phi) is 4.10. The summed E-state index contributed by atoms with van der Waals surface area (Å²) in [5, 5.41) is 0. The summed E-state index contributed by atoms with van der Waals surface area (Å²) >= 11 is 3.40. The van der Waals surface area contributed by atoms with Crippen LogP contribution in [0.3, 0.4) is 0 Å². The molecule has 0 aromatic heterocycles. The van der Waals surface area contributed by atoms with Crippen LogP contribution in [0.5, 0.6) is 0 Å². The van der Waals surface area contributed by atoms with Crippen LogP contribution in [0, 0.1) is 0 Å². The summed E-state index contributed by atoms with van der Waals surface area (Å²) in [7, 11) is 0. The van der Waals surface area contributed by atoms with Crippen molar-refractivity contribution in [3.63, 3.8) is 0 Å². The van der Waals surface area contributed by atoms with Gasteiger partial charge in [0, 0.05) is 16.1 Å². The van der Waals surface area contributed by atoms with Crippen molar-refractivity contribution < 1.29 is 0 Å². The van der Waals surface area contributed by atoms with Crippen molar-refractivity contribution in [2.75, 3.05) is 0 Å². The van der Waals surface area contributed by atoms with Crippen molar-refractivity contribution in [3.8, 4) is 0 Å². The fraction of sp³-hybridized carbons (Fsp3) is 0.300. The molecule has 76 valence electrons. The van der Waals surface area contributed by atoms with Crippen molar-refractivity contribution in [2.24, 2.45) is 10.8 Å². The molecule has 0 fully saturated rings. The summed E-state index contributed by atoms with van der Waals surface area (Å²) in [4.78, 5) is 4.37. The largest absolute Gasteiger partial charge is 0.308 e. The standard InChI is InChI=1S/C10H14BrN3/c1-7(2)13-10(14-12)8-4-3-5-9(11)6-8/h3-7H,12H2,1-2H3,(H,13,14). The average molecular weight is 256 g/mol. The van der Waals surface area contributed by atoms with Crippen LogP contribution < -0.4 is 11.3 Å². The van der Waals surface area contributed by atoms with Crippen molar-refractivity contribution in [1.82, 2.24) is 5.43 Å². The molecule has 3 N–H and O–H groups in total. The van der Waals surface area contributed by atoms with Crippen LogP contribution in [-0.4, -0.2) is 11.9 Å². The second kappa shape index (κ2) is 5.12. The minimum absolute atomic E-state index is 0.222. The van der Waals surface area contributed by atoms with Gasteiger partial charge < -0.3 is 5.43 Å². The molecule has 14 heavy (non-hydrogen) atoms. The normalized spacial score (nSPS) is 11.9. The monoisotopic (exact) mass is 255 g/mol. The lowest BCUT2D eigenvalue weighted by Crippen LogP contribution is -2.31. The highest BCUT2D eigenvalue weighted by atomic mass is 79.9. The first-order valence-electron chi connectivity index (χ1n) is 4.44. The number of nitrogens with zero attached hydrogens (tertiary/aromatic N) is 1. The first-order chi connectivity index (χ1) is 6.63. The van der Waals surface area contributed by atoms with Gasteiger partial charge in [-0.05, 0) is 26.0 Å². The van der Waals surface area contributed by atoms with Crippen LogP contribution in [-0.2, 0) is 0 Å². The maximum atomic E-state index is 5.41.